The largest absolute Gasteiger partial charge is 0.257 e. The predicted octanol–water partition coefficient (Wildman–Crippen LogP) is 13.7. The van der Waals surface area contributed by atoms with Gasteiger partial charge < -0.3 is 0 Å². The molecular weight excluding hydrogens is 731 g/mol. The van der Waals surface area contributed by atoms with Gasteiger partial charge in [0.15, 0.2) is 17.5 Å². The van der Waals surface area contributed by atoms with Crippen LogP contribution in [0.3, 0.4) is 0 Å². The number of aromatic nitrogens is 5. The molecule has 5 nitrogen and oxygen atoms in total. The van der Waals surface area contributed by atoms with Gasteiger partial charge in [-0.1, -0.05) is 140 Å². The van der Waals surface area contributed by atoms with Crippen LogP contribution in [-0.4, -0.2) is 24.9 Å². The lowest BCUT2D eigenvalue weighted by Gasteiger charge is -2.23. The number of pyridine rings is 2. The van der Waals surface area contributed by atoms with Crippen LogP contribution < -0.4 is 0 Å². The third-order valence-electron chi connectivity index (χ3n) is 11.3. The topological polar surface area (TPSA) is 64.5 Å². The zero-order valence-corrected chi connectivity index (χ0v) is 33.1. The Labute approximate surface area is 350 Å². The average molecular weight is 772 g/mol. The van der Waals surface area contributed by atoms with E-state index < -0.39 is 0 Å². The van der Waals surface area contributed by atoms with E-state index in [0.717, 1.165) is 86.3 Å². The highest BCUT2D eigenvalue weighted by Gasteiger charge is 2.21. The Morgan fingerprint density at radius 2 is 0.783 bits per heavy atom. The lowest BCUT2D eigenvalue weighted by molar-refractivity contribution is 0.625. The van der Waals surface area contributed by atoms with Crippen molar-refractivity contribution in [3.05, 3.63) is 218 Å². The van der Waals surface area contributed by atoms with E-state index in [1.807, 2.05) is 54.9 Å². The molecule has 1 atom stereocenters. The van der Waals surface area contributed by atoms with Crippen molar-refractivity contribution < 1.29 is 0 Å². The van der Waals surface area contributed by atoms with Crippen molar-refractivity contribution in [2.75, 3.05) is 0 Å². The summed E-state index contributed by atoms with van der Waals surface area (Å²) in [5.74, 6) is 2.25. The lowest BCUT2D eigenvalue weighted by Crippen LogP contribution is -2.06. The van der Waals surface area contributed by atoms with Crippen LogP contribution in [0.1, 0.15) is 36.4 Å². The fourth-order valence-corrected chi connectivity index (χ4v) is 8.17. The third-order valence-corrected chi connectivity index (χ3v) is 11.3. The highest BCUT2D eigenvalue weighted by molar-refractivity contribution is 5.81. The maximum atomic E-state index is 5.34. The van der Waals surface area contributed by atoms with Crippen molar-refractivity contribution in [2.24, 2.45) is 0 Å². The number of hydrogen-bond donors (Lipinski definition) is 0. The maximum Gasteiger partial charge on any atom is 0.164 e. The van der Waals surface area contributed by atoms with Crippen molar-refractivity contribution in [3.63, 3.8) is 0 Å². The van der Waals surface area contributed by atoms with Crippen molar-refractivity contribution in [3.8, 4) is 78.8 Å². The molecule has 0 amide bonds. The Balaban J connectivity index is 1.11. The molecule has 0 N–H and O–H groups in total. The molecule has 0 radical (unpaired) electrons. The summed E-state index contributed by atoms with van der Waals surface area (Å²) < 4.78 is 0. The lowest BCUT2D eigenvalue weighted by atomic mass is 9.82. The third kappa shape index (κ3) is 7.94. The molecule has 0 fully saturated rings. The van der Waals surface area contributed by atoms with Gasteiger partial charge in [-0.25, -0.2) is 15.0 Å². The van der Waals surface area contributed by atoms with E-state index in [-0.39, 0.29) is 0 Å². The Kier molecular flexibility index (Phi) is 10.2. The van der Waals surface area contributed by atoms with E-state index in [0.29, 0.717) is 23.4 Å². The number of benzene rings is 6. The maximum absolute atomic E-state index is 5.34. The van der Waals surface area contributed by atoms with Crippen molar-refractivity contribution in [2.45, 2.75) is 25.2 Å². The molecule has 0 saturated heterocycles. The summed E-state index contributed by atoms with van der Waals surface area (Å²) in [6.45, 7) is 0. The van der Waals surface area contributed by atoms with E-state index in [4.69, 9.17) is 15.0 Å². The van der Waals surface area contributed by atoms with Gasteiger partial charge in [0.05, 0.1) is 11.4 Å². The van der Waals surface area contributed by atoms with E-state index in [1.54, 1.807) is 0 Å². The van der Waals surface area contributed by atoms with E-state index in [9.17, 15) is 0 Å². The number of allylic oxidation sites excluding steroid dienone is 2. The van der Waals surface area contributed by atoms with Crippen LogP contribution in [-0.2, 0) is 0 Å². The molecule has 0 saturated carbocycles. The minimum Gasteiger partial charge on any atom is -0.257 e. The molecule has 1 aliphatic rings. The first kappa shape index (κ1) is 36.7. The van der Waals surface area contributed by atoms with Crippen LogP contribution in [0, 0.1) is 0 Å². The smallest absolute Gasteiger partial charge is 0.164 e. The van der Waals surface area contributed by atoms with Crippen LogP contribution in [0.15, 0.2) is 207 Å². The minimum atomic E-state index is 0.351. The zero-order valence-electron chi connectivity index (χ0n) is 33.1. The molecule has 0 aliphatic heterocycles. The van der Waals surface area contributed by atoms with E-state index in [1.165, 1.54) is 11.1 Å². The van der Waals surface area contributed by atoms with Gasteiger partial charge in [0.1, 0.15) is 0 Å². The van der Waals surface area contributed by atoms with E-state index >= 15 is 0 Å². The molecule has 3 aromatic heterocycles. The van der Waals surface area contributed by atoms with Gasteiger partial charge in [-0.3, -0.25) is 9.97 Å². The summed E-state index contributed by atoms with van der Waals surface area (Å²) in [4.78, 5) is 25.0. The van der Waals surface area contributed by atoms with Crippen molar-refractivity contribution >= 4 is 5.57 Å². The zero-order chi connectivity index (χ0) is 40.1. The molecule has 10 rings (SSSR count). The van der Waals surface area contributed by atoms with Gasteiger partial charge in [0, 0.05) is 34.6 Å². The number of nitrogens with zero attached hydrogens (tertiary/aromatic N) is 5. The highest BCUT2D eigenvalue weighted by Crippen LogP contribution is 2.40. The number of hydrogen-bond acceptors (Lipinski definition) is 5. The first-order valence-electron chi connectivity index (χ1n) is 20.6. The second-order valence-corrected chi connectivity index (χ2v) is 15.3. The van der Waals surface area contributed by atoms with Gasteiger partial charge in [-0.05, 0) is 124 Å². The van der Waals surface area contributed by atoms with Crippen molar-refractivity contribution in [1.29, 1.82) is 0 Å². The first-order chi connectivity index (χ1) is 29.7. The van der Waals surface area contributed by atoms with Gasteiger partial charge in [-0.15, -0.1) is 0 Å². The molecular formula is C55H41N5. The molecule has 9 aromatic rings. The fraction of sp³-hybridized carbons (Fsp3) is 0.0727. The van der Waals surface area contributed by atoms with Crippen molar-refractivity contribution in [1.82, 2.24) is 24.9 Å². The van der Waals surface area contributed by atoms with Crippen LogP contribution in [0.5, 0.6) is 0 Å². The number of rotatable bonds is 9. The van der Waals surface area contributed by atoms with Crippen LogP contribution in [0.4, 0.5) is 0 Å². The SMILES string of the molecule is C1=C(c2ccccn2)CC[C@H](c2cc(-c3ccccc3)cc(-c3nc(-c4ccccc4)nc(-c4cc(-c5ccccc5)cc(-c5ccc(-c6ccccn6)cc5)c4)n3)c2)C1. The van der Waals surface area contributed by atoms with Gasteiger partial charge in [-0.2, -0.15) is 0 Å². The van der Waals surface area contributed by atoms with Crippen LogP contribution in [0.25, 0.3) is 84.4 Å². The average Bonchev–Trinajstić information content (AvgIpc) is 3.35. The Morgan fingerprint density at radius 3 is 1.32 bits per heavy atom. The predicted molar refractivity (Wildman–Crippen MR) is 244 cm³/mol. The second kappa shape index (κ2) is 16.7. The van der Waals surface area contributed by atoms with Gasteiger partial charge in [0.2, 0.25) is 0 Å². The summed E-state index contributed by atoms with van der Waals surface area (Å²) in [5.41, 5.74) is 15.2. The Hall–Kier alpha value is -7.63. The summed E-state index contributed by atoms with van der Waals surface area (Å²) in [6.07, 6.45) is 9.05. The summed E-state index contributed by atoms with van der Waals surface area (Å²) in [5, 5.41) is 0. The Morgan fingerprint density at radius 1 is 0.350 bits per heavy atom. The summed E-state index contributed by atoms with van der Waals surface area (Å²) in [6, 6.07) is 65.7. The molecule has 6 aromatic carbocycles. The van der Waals surface area contributed by atoms with Crippen LogP contribution in [0.2, 0.25) is 0 Å². The quantitative estimate of drug-likeness (QED) is 0.146. The summed E-state index contributed by atoms with van der Waals surface area (Å²) >= 11 is 0. The molecule has 5 heteroatoms. The normalized spacial score (nSPS) is 13.7. The second-order valence-electron chi connectivity index (χ2n) is 15.3. The van der Waals surface area contributed by atoms with Gasteiger partial charge in [0.25, 0.3) is 0 Å². The summed E-state index contributed by atoms with van der Waals surface area (Å²) in [7, 11) is 0. The highest BCUT2D eigenvalue weighted by atomic mass is 15.0. The van der Waals surface area contributed by atoms with E-state index in [2.05, 4.69) is 162 Å². The minimum absolute atomic E-state index is 0.351. The molecule has 3 heterocycles. The van der Waals surface area contributed by atoms with Crippen LogP contribution >= 0.6 is 0 Å². The molecule has 1 aliphatic carbocycles. The molecule has 60 heavy (non-hydrogen) atoms. The molecule has 0 unspecified atom stereocenters. The molecule has 0 bridgehead atoms. The van der Waals surface area contributed by atoms with Gasteiger partial charge >= 0.3 is 0 Å². The monoisotopic (exact) mass is 771 g/mol. The fourth-order valence-electron chi connectivity index (χ4n) is 8.17. The molecule has 286 valence electrons. The standard InChI is InChI=1S/C55H41N5/c1-4-14-38(15-5-1)45-32-47(40-22-26-42(27-23-40)51-20-10-12-30-56-51)36-49(34-45)54-58-53(44-18-8-3-9-19-44)59-55(60-54)50-35-46(39-16-6-2-7-17-39)33-48(37-50)41-24-28-43(29-25-41)52-21-11-13-31-57-52/h1-23,26-28,30-37,41H,24-25,29H2/t41-/m1/s1. The molecule has 0 spiro atoms. The Bertz CT molecular complexity index is 2910. The first-order valence-corrected chi connectivity index (χ1v) is 20.6.